The van der Waals surface area contributed by atoms with Crippen LogP contribution >= 0.6 is 0 Å². The maximum atomic E-state index is 13.2. The van der Waals surface area contributed by atoms with Crippen molar-refractivity contribution in [2.24, 2.45) is 0 Å². The van der Waals surface area contributed by atoms with Crippen LogP contribution in [0.3, 0.4) is 0 Å². The molecule has 0 spiro atoms. The van der Waals surface area contributed by atoms with E-state index in [1.807, 2.05) is 52.1 Å². The zero-order valence-electron chi connectivity index (χ0n) is 17.8. The highest BCUT2D eigenvalue weighted by Gasteiger charge is 2.23. The fourth-order valence-electron chi connectivity index (χ4n) is 3.37. The van der Waals surface area contributed by atoms with E-state index in [9.17, 15) is 14.0 Å². The first-order valence-corrected chi connectivity index (χ1v) is 10.4. The van der Waals surface area contributed by atoms with Gasteiger partial charge in [0, 0.05) is 38.4 Å². The molecule has 0 aliphatic carbocycles. The van der Waals surface area contributed by atoms with Crippen LogP contribution in [0.5, 0.6) is 5.75 Å². The quantitative estimate of drug-likeness (QED) is 0.661. The largest absolute Gasteiger partial charge is 0.492 e. The first-order valence-electron chi connectivity index (χ1n) is 10.4. The van der Waals surface area contributed by atoms with E-state index in [2.05, 4.69) is 5.32 Å². The monoisotopic (exact) mass is 428 g/mol. The molecular weight excluding hydrogens is 399 g/mol. The van der Waals surface area contributed by atoms with Gasteiger partial charge in [-0.1, -0.05) is 24.3 Å². The van der Waals surface area contributed by atoms with Crippen molar-refractivity contribution in [2.45, 2.75) is 0 Å². The number of carbonyl (C=O) groups excluding carboxylic acids is 2. The molecule has 0 aromatic heterocycles. The molecule has 2 aromatic rings. The minimum atomic E-state index is -0.387. The van der Waals surface area contributed by atoms with Crippen molar-refractivity contribution in [1.29, 1.82) is 0 Å². The zero-order chi connectivity index (χ0) is 22.1. The van der Waals surface area contributed by atoms with Crippen LogP contribution in [-0.4, -0.2) is 86.0 Å². The van der Waals surface area contributed by atoms with Gasteiger partial charge in [-0.2, -0.15) is 0 Å². The van der Waals surface area contributed by atoms with Gasteiger partial charge in [-0.3, -0.25) is 19.4 Å². The van der Waals surface area contributed by atoms with E-state index in [0.29, 0.717) is 51.6 Å². The number of nitrogens with zero attached hydrogens (tertiary/aromatic N) is 3. The standard InChI is InChI=1S/C23H29FN4O3/c1-26(14-15-31-21-8-3-2-4-9-21)18-23(30)28-12-10-27(11-13-28)17-22(29)25-20-7-5-6-19(24)16-20/h2-9,16H,10-15,17-18H2,1H3,(H,25,29). The molecule has 0 bridgehead atoms. The van der Waals surface area contributed by atoms with Crippen LogP contribution in [-0.2, 0) is 9.59 Å². The Balaban J connectivity index is 1.33. The van der Waals surface area contributed by atoms with Crippen LogP contribution in [0.2, 0.25) is 0 Å². The summed E-state index contributed by atoms with van der Waals surface area (Å²) in [5, 5.41) is 2.70. The molecule has 1 saturated heterocycles. The van der Waals surface area contributed by atoms with Crippen molar-refractivity contribution in [3.05, 3.63) is 60.4 Å². The number of rotatable bonds is 9. The minimum absolute atomic E-state index is 0.0751. The Hall–Kier alpha value is -2.97. The second-order valence-corrected chi connectivity index (χ2v) is 7.61. The van der Waals surface area contributed by atoms with Crippen LogP contribution in [0.15, 0.2) is 54.6 Å². The van der Waals surface area contributed by atoms with Crippen molar-refractivity contribution in [1.82, 2.24) is 14.7 Å². The van der Waals surface area contributed by atoms with Gasteiger partial charge in [-0.05, 0) is 37.4 Å². The number of benzene rings is 2. The fraction of sp³-hybridized carbons (Fsp3) is 0.391. The summed E-state index contributed by atoms with van der Waals surface area (Å²) in [7, 11) is 1.90. The van der Waals surface area contributed by atoms with Crippen LogP contribution in [0.1, 0.15) is 0 Å². The highest BCUT2D eigenvalue weighted by Crippen LogP contribution is 2.10. The molecule has 3 rings (SSSR count). The molecule has 1 aliphatic rings. The molecule has 1 heterocycles. The van der Waals surface area contributed by atoms with Crippen LogP contribution in [0.25, 0.3) is 0 Å². The molecule has 8 heteroatoms. The number of amides is 2. The number of halogens is 1. The normalized spacial score (nSPS) is 14.5. The molecule has 1 fully saturated rings. The number of hydrogen-bond donors (Lipinski definition) is 1. The molecule has 0 radical (unpaired) electrons. The lowest BCUT2D eigenvalue weighted by Crippen LogP contribution is -2.52. The van der Waals surface area contributed by atoms with Crippen LogP contribution in [0.4, 0.5) is 10.1 Å². The number of hydrogen-bond acceptors (Lipinski definition) is 5. The number of para-hydroxylation sites is 1. The highest BCUT2D eigenvalue weighted by molar-refractivity contribution is 5.92. The third-order valence-corrected chi connectivity index (χ3v) is 5.09. The number of anilines is 1. The maximum absolute atomic E-state index is 13.2. The molecular formula is C23H29FN4O3. The second-order valence-electron chi connectivity index (χ2n) is 7.61. The van der Waals surface area contributed by atoms with E-state index in [1.54, 1.807) is 12.1 Å². The molecule has 1 N–H and O–H groups in total. The minimum Gasteiger partial charge on any atom is -0.492 e. The van der Waals surface area contributed by atoms with E-state index < -0.39 is 0 Å². The molecule has 166 valence electrons. The molecule has 0 unspecified atom stereocenters. The van der Waals surface area contributed by atoms with Gasteiger partial charge >= 0.3 is 0 Å². The maximum Gasteiger partial charge on any atom is 0.238 e. The van der Waals surface area contributed by atoms with Gasteiger partial charge in [-0.25, -0.2) is 4.39 Å². The van der Waals surface area contributed by atoms with Gasteiger partial charge < -0.3 is 15.0 Å². The molecule has 2 aromatic carbocycles. The van der Waals surface area contributed by atoms with Gasteiger partial charge in [0.15, 0.2) is 0 Å². The van der Waals surface area contributed by atoms with Gasteiger partial charge in [-0.15, -0.1) is 0 Å². The molecule has 31 heavy (non-hydrogen) atoms. The highest BCUT2D eigenvalue weighted by atomic mass is 19.1. The van der Waals surface area contributed by atoms with Crippen molar-refractivity contribution in [3.8, 4) is 5.75 Å². The van der Waals surface area contributed by atoms with Gasteiger partial charge in [0.25, 0.3) is 0 Å². The lowest BCUT2D eigenvalue weighted by Gasteiger charge is -2.35. The summed E-state index contributed by atoms with van der Waals surface area (Å²) in [6, 6.07) is 15.4. The average Bonchev–Trinajstić information content (AvgIpc) is 2.75. The second kappa shape index (κ2) is 11.4. The summed E-state index contributed by atoms with van der Waals surface area (Å²) in [6.45, 7) is 4.14. The zero-order valence-corrected chi connectivity index (χ0v) is 17.8. The predicted molar refractivity (Wildman–Crippen MR) is 117 cm³/mol. The van der Waals surface area contributed by atoms with Crippen molar-refractivity contribution in [2.75, 3.05) is 64.8 Å². The fourth-order valence-corrected chi connectivity index (χ4v) is 3.37. The lowest BCUT2D eigenvalue weighted by molar-refractivity contribution is -0.134. The smallest absolute Gasteiger partial charge is 0.238 e. The third kappa shape index (κ3) is 7.66. The molecule has 0 saturated carbocycles. The molecule has 7 nitrogen and oxygen atoms in total. The summed E-state index contributed by atoms with van der Waals surface area (Å²) in [6.07, 6.45) is 0. The lowest BCUT2D eigenvalue weighted by atomic mass is 10.3. The Labute approximate surface area is 182 Å². The third-order valence-electron chi connectivity index (χ3n) is 5.09. The summed E-state index contributed by atoms with van der Waals surface area (Å²) in [5.41, 5.74) is 0.443. The Morgan fingerprint density at radius 1 is 1.06 bits per heavy atom. The van der Waals surface area contributed by atoms with Crippen LogP contribution < -0.4 is 10.1 Å². The Morgan fingerprint density at radius 2 is 1.81 bits per heavy atom. The average molecular weight is 429 g/mol. The molecule has 1 aliphatic heterocycles. The summed E-state index contributed by atoms with van der Waals surface area (Å²) >= 11 is 0. The van der Waals surface area contributed by atoms with Crippen molar-refractivity contribution in [3.63, 3.8) is 0 Å². The first-order chi connectivity index (χ1) is 15.0. The van der Waals surface area contributed by atoms with E-state index in [4.69, 9.17) is 4.74 Å². The summed E-state index contributed by atoms with van der Waals surface area (Å²) in [5.74, 6) is 0.316. The topological polar surface area (TPSA) is 65.1 Å². The Morgan fingerprint density at radius 3 is 2.52 bits per heavy atom. The van der Waals surface area contributed by atoms with Crippen molar-refractivity contribution >= 4 is 17.5 Å². The summed E-state index contributed by atoms with van der Waals surface area (Å²) in [4.78, 5) is 30.5. The Kier molecular flexibility index (Phi) is 8.37. The van der Waals surface area contributed by atoms with E-state index in [0.717, 1.165) is 5.75 Å². The number of ether oxygens (including phenoxy) is 1. The van der Waals surface area contributed by atoms with E-state index >= 15 is 0 Å². The number of piperazine rings is 1. The number of nitrogens with one attached hydrogen (secondary N) is 1. The number of carbonyl (C=O) groups is 2. The van der Waals surface area contributed by atoms with Gasteiger partial charge in [0.05, 0.1) is 13.1 Å². The van der Waals surface area contributed by atoms with Crippen molar-refractivity contribution < 1.29 is 18.7 Å². The van der Waals surface area contributed by atoms with Crippen LogP contribution in [0, 0.1) is 5.82 Å². The van der Waals surface area contributed by atoms with E-state index in [-0.39, 0.29) is 24.2 Å². The number of likely N-dealkylation sites (N-methyl/N-ethyl adjacent to an activating group) is 1. The van der Waals surface area contributed by atoms with Gasteiger partial charge in [0.1, 0.15) is 18.2 Å². The molecule has 2 amide bonds. The van der Waals surface area contributed by atoms with Gasteiger partial charge in [0.2, 0.25) is 11.8 Å². The predicted octanol–water partition coefficient (Wildman–Crippen LogP) is 1.92. The Bertz CT molecular complexity index is 857. The first kappa shape index (κ1) is 22.7. The molecule has 0 atom stereocenters. The SMILES string of the molecule is CN(CCOc1ccccc1)CC(=O)N1CCN(CC(=O)Nc2cccc(F)c2)CC1. The van der Waals surface area contributed by atoms with E-state index in [1.165, 1.54) is 12.1 Å². The summed E-state index contributed by atoms with van der Waals surface area (Å²) < 4.78 is 18.9.